The fourth-order valence-corrected chi connectivity index (χ4v) is 3.69. The van der Waals surface area contributed by atoms with Crippen molar-refractivity contribution >= 4 is 11.6 Å². The third-order valence-electron chi connectivity index (χ3n) is 5.29. The van der Waals surface area contributed by atoms with Crippen LogP contribution in [0.15, 0.2) is 48.5 Å². The number of carbonyl (C=O) groups is 1. The SMILES string of the molecule is Cc1cccc(NC(=O)CN2C[C@@H](CN)[C@H](c3ccccc3)C2)c1C. The topological polar surface area (TPSA) is 58.4 Å². The molecule has 1 saturated heterocycles. The monoisotopic (exact) mass is 337 g/mol. The molecule has 0 aromatic heterocycles. The highest BCUT2D eigenvalue weighted by molar-refractivity contribution is 5.93. The molecule has 0 bridgehead atoms. The van der Waals surface area contributed by atoms with E-state index in [1.165, 1.54) is 11.1 Å². The zero-order valence-electron chi connectivity index (χ0n) is 15.0. The molecule has 1 aliphatic heterocycles. The van der Waals surface area contributed by atoms with Crippen LogP contribution < -0.4 is 11.1 Å². The van der Waals surface area contributed by atoms with Gasteiger partial charge < -0.3 is 11.1 Å². The molecule has 4 nitrogen and oxygen atoms in total. The van der Waals surface area contributed by atoms with Crippen LogP contribution in [0.5, 0.6) is 0 Å². The molecule has 0 aliphatic carbocycles. The second-order valence-corrected chi connectivity index (χ2v) is 7.00. The van der Waals surface area contributed by atoms with Crippen molar-refractivity contribution in [2.24, 2.45) is 11.7 Å². The van der Waals surface area contributed by atoms with E-state index in [0.29, 0.717) is 24.9 Å². The summed E-state index contributed by atoms with van der Waals surface area (Å²) >= 11 is 0. The molecule has 132 valence electrons. The molecule has 2 atom stereocenters. The fraction of sp³-hybridized carbons (Fsp3) is 0.381. The van der Waals surface area contributed by atoms with E-state index in [4.69, 9.17) is 5.73 Å². The third-order valence-corrected chi connectivity index (χ3v) is 5.29. The van der Waals surface area contributed by atoms with Crippen molar-refractivity contribution in [3.8, 4) is 0 Å². The number of benzene rings is 2. The smallest absolute Gasteiger partial charge is 0.238 e. The molecule has 3 rings (SSSR count). The summed E-state index contributed by atoms with van der Waals surface area (Å²) in [5, 5.41) is 3.05. The number of rotatable bonds is 5. The minimum atomic E-state index is 0.0400. The van der Waals surface area contributed by atoms with Crippen LogP contribution in [0, 0.1) is 19.8 Å². The molecule has 0 radical (unpaired) electrons. The van der Waals surface area contributed by atoms with Crippen LogP contribution in [0.1, 0.15) is 22.6 Å². The molecule has 0 unspecified atom stereocenters. The molecule has 2 aromatic rings. The van der Waals surface area contributed by atoms with Crippen LogP contribution >= 0.6 is 0 Å². The van der Waals surface area contributed by atoms with Gasteiger partial charge in [0.25, 0.3) is 0 Å². The Hall–Kier alpha value is -2.17. The zero-order valence-corrected chi connectivity index (χ0v) is 15.0. The second kappa shape index (κ2) is 7.81. The highest BCUT2D eigenvalue weighted by Crippen LogP contribution is 2.31. The summed E-state index contributed by atoms with van der Waals surface area (Å²) in [6, 6.07) is 16.5. The number of nitrogens with two attached hydrogens (primary N) is 1. The van der Waals surface area contributed by atoms with Crippen LogP contribution in [0.2, 0.25) is 0 Å². The molecule has 2 aromatic carbocycles. The maximum atomic E-state index is 12.5. The van der Waals surface area contributed by atoms with Crippen molar-refractivity contribution in [2.45, 2.75) is 19.8 Å². The summed E-state index contributed by atoms with van der Waals surface area (Å²) in [7, 11) is 0. The average molecular weight is 337 g/mol. The zero-order chi connectivity index (χ0) is 17.8. The van der Waals surface area contributed by atoms with Gasteiger partial charge in [-0.1, -0.05) is 42.5 Å². The first-order valence-corrected chi connectivity index (χ1v) is 8.92. The van der Waals surface area contributed by atoms with Gasteiger partial charge in [0.15, 0.2) is 0 Å². The minimum absolute atomic E-state index is 0.0400. The van der Waals surface area contributed by atoms with Crippen LogP contribution in [0.3, 0.4) is 0 Å². The van der Waals surface area contributed by atoms with Crippen molar-refractivity contribution in [1.29, 1.82) is 0 Å². The Bertz CT molecular complexity index is 729. The van der Waals surface area contributed by atoms with Gasteiger partial charge in [0, 0.05) is 24.7 Å². The molecular weight excluding hydrogens is 310 g/mol. The fourth-order valence-electron chi connectivity index (χ4n) is 3.69. The van der Waals surface area contributed by atoms with E-state index in [2.05, 4.69) is 47.5 Å². The molecule has 1 fully saturated rings. The van der Waals surface area contributed by atoms with E-state index < -0.39 is 0 Å². The van der Waals surface area contributed by atoms with Crippen molar-refractivity contribution in [1.82, 2.24) is 4.90 Å². The number of nitrogens with one attached hydrogen (secondary N) is 1. The predicted octanol–water partition coefficient (Wildman–Crippen LogP) is 2.92. The lowest BCUT2D eigenvalue weighted by molar-refractivity contribution is -0.117. The number of nitrogens with zero attached hydrogens (tertiary/aromatic N) is 1. The standard InChI is InChI=1S/C21H27N3O/c1-15-7-6-10-20(16(15)2)23-21(25)14-24-12-18(11-22)19(13-24)17-8-4-3-5-9-17/h3-10,18-19H,11-14,22H2,1-2H3,(H,23,25)/t18-,19+/m1/s1. The van der Waals surface area contributed by atoms with Crippen molar-refractivity contribution in [3.63, 3.8) is 0 Å². The van der Waals surface area contributed by atoms with Gasteiger partial charge in [0.1, 0.15) is 0 Å². The van der Waals surface area contributed by atoms with Gasteiger partial charge in [0.05, 0.1) is 6.54 Å². The summed E-state index contributed by atoms with van der Waals surface area (Å²) < 4.78 is 0. The number of anilines is 1. The lowest BCUT2D eigenvalue weighted by Gasteiger charge is -2.17. The second-order valence-electron chi connectivity index (χ2n) is 7.00. The van der Waals surface area contributed by atoms with Gasteiger partial charge in [-0.05, 0) is 49.1 Å². The summed E-state index contributed by atoms with van der Waals surface area (Å²) in [6.45, 7) is 6.91. The van der Waals surface area contributed by atoms with Crippen LogP contribution in [-0.4, -0.2) is 37.0 Å². The Morgan fingerprint density at radius 3 is 2.60 bits per heavy atom. The number of carbonyl (C=O) groups excluding carboxylic acids is 1. The van der Waals surface area contributed by atoms with E-state index in [0.717, 1.165) is 24.3 Å². The Morgan fingerprint density at radius 1 is 1.12 bits per heavy atom. The highest BCUT2D eigenvalue weighted by atomic mass is 16.2. The van der Waals surface area contributed by atoms with Gasteiger partial charge in [-0.25, -0.2) is 0 Å². The van der Waals surface area contributed by atoms with Gasteiger partial charge >= 0.3 is 0 Å². The number of likely N-dealkylation sites (tertiary alicyclic amines) is 1. The molecule has 3 N–H and O–H groups in total. The molecule has 1 aliphatic rings. The lowest BCUT2D eigenvalue weighted by atomic mass is 9.89. The molecule has 1 amide bonds. The summed E-state index contributed by atoms with van der Waals surface area (Å²) in [4.78, 5) is 14.7. The Kier molecular flexibility index (Phi) is 5.51. The van der Waals surface area contributed by atoms with Gasteiger partial charge in [-0.3, -0.25) is 9.69 Å². The summed E-state index contributed by atoms with van der Waals surface area (Å²) in [5.74, 6) is 0.841. The third kappa shape index (κ3) is 4.09. The van der Waals surface area contributed by atoms with Gasteiger partial charge in [-0.15, -0.1) is 0 Å². The molecule has 4 heteroatoms. The Morgan fingerprint density at radius 2 is 1.88 bits per heavy atom. The van der Waals surface area contributed by atoms with Crippen molar-refractivity contribution in [2.75, 3.05) is 31.5 Å². The summed E-state index contributed by atoms with van der Waals surface area (Å²) in [6.07, 6.45) is 0. The molecule has 0 saturated carbocycles. The van der Waals surface area contributed by atoms with Crippen LogP contribution in [0.25, 0.3) is 0 Å². The average Bonchev–Trinajstić information content (AvgIpc) is 3.02. The van der Waals surface area contributed by atoms with Crippen LogP contribution in [-0.2, 0) is 4.79 Å². The van der Waals surface area contributed by atoms with Gasteiger partial charge in [0.2, 0.25) is 5.91 Å². The van der Waals surface area contributed by atoms with Gasteiger partial charge in [-0.2, -0.15) is 0 Å². The van der Waals surface area contributed by atoms with Crippen molar-refractivity contribution < 1.29 is 4.79 Å². The molecule has 25 heavy (non-hydrogen) atoms. The number of hydrogen-bond donors (Lipinski definition) is 2. The van der Waals surface area contributed by atoms with E-state index in [1.807, 2.05) is 25.1 Å². The first-order chi connectivity index (χ1) is 12.1. The predicted molar refractivity (Wildman–Crippen MR) is 103 cm³/mol. The molecule has 1 heterocycles. The van der Waals surface area contributed by atoms with Crippen molar-refractivity contribution in [3.05, 3.63) is 65.2 Å². The highest BCUT2D eigenvalue weighted by Gasteiger charge is 2.33. The number of aryl methyl sites for hydroxylation is 1. The maximum Gasteiger partial charge on any atom is 0.238 e. The van der Waals surface area contributed by atoms with Crippen LogP contribution in [0.4, 0.5) is 5.69 Å². The molecular formula is C21H27N3O. The molecule has 0 spiro atoms. The van der Waals surface area contributed by atoms with E-state index in [1.54, 1.807) is 0 Å². The Balaban J connectivity index is 1.63. The lowest BCUT2D eigenvalue weighted by Crippen LogP contribution is -2.32. The summed E-state index contributed by atoms with van der Waals surface area (Å²) in [5.41, 5.74) is 10.5. The first-order valence-electron chi connectivity index (χ1n) is 8.92. The number of amides is 1. The Labute approximate surface area is 150 Å². The largest absolute Gasteiger partial charge is 0.330 e. The van der Waals surface area contributed by atoms with E-state index in [9.17, 15) is 4.79 Å². The first kappa shape index (κ1) is 17.6. The van der Waals surface area contributed by atoms with E-state index in [-0.39, 0.29) is 5.91 Å². The van der Waals surface area contributed by atoms with E-state index >= 15 is 0 Å². The normalized spacial score (nSPS) is 20.6. The number of hydrogen-bond acceptors (Lipinski definition) is 3. The minimum Gasteiger partial charge on any atom is -0.330 e. The quantitative estimate of drug-likeness (QED) is 0.882. The maximum absolute atomic E-state index is 12.5.